The van der Waals surface area contributed by atoms with Gasteiger partial charge < -0.3 is 10.5 Å². The summed E-state index contributed by atoms with van der Waals surface area (Å²) in [5.74, 6) is -1.04. The van der Waals surface area contributed by atoms with Crippen LogP contribution in [-0.4, -0.2) is 18.1 Å². The minimum Gasteiger partial charge on any atom is -0.465 e. The number of pyridine rings is 1. The van der Waals surface area contributed by atoms with E-state index in [-0.39, 0.29) is 16.8 Å². The second-order valence-corrected chi connectivity index (χ2v) is 3.72. The quantitative estimate of drug-likeness (QED) is 0.767. The first-order valence-corrected chi connectivity index (χ1v) is 4.97. The number of esters is 1. The number of fused-ring (bicyclic) bond motifs is 1. The number of ether oxygens (including phenoxy) is 1. The lowest BCUT2D eigenvalue weighted by atomic mass is 10.1. The molecule has 5 heteroatoms. The van der Waals surface area contributed by atoms with Crippen molar-refractivity contribution in [3.63, 3.8) is 0 Å². The molecule has 17 heavy (non-hydrogen) atoms. The highest BCUT2D eigenvalue weighted by molar-refractivity contribution is 6.04. The van der Waals surface area contributed by atoms with Crippen molar-refractivity contribution in [1.82, 2.24) is 4.98 Å². The maximum atomic E-state index is 13.6. The standard InChI is InChI=1S/C12H11FN2O2/c1-6-3-7-10(14)8(12(16)17-2)5-15-11(7)9(13)4-6/h3-5H,1-2H3,(H2,14,15). The van der Waals surface area contributed by atoms with Crippen LogP contribution in [0.3, 0.4) is 0 Å². The number of carbonyl (C=O) groups is 1. The molecule has 1 heterocycles. The molecule has 0 fully saturated rings. The Morgan fingerprint density at radius 2 is 2.18 bits per heavy atom. The molecule has 0 bridgehead atoms. The SMILES string of the molecule is COC(=O)c1cnc2c(F)cc(C)cc2c1N. The largest absolute Gasteiger partial charge is 0.465 e. The van der Waals surface area contributed by atoms with Crippen LogP contribution in [0.1, 0.15) is 15.9 Å². The van der Waals surface area contributed by atoms with Crippen LogP contribution in [0.15, 0.2) is 18.3 Å². The van der Waals surface area contributed by atoms with Crippen molar-refractivity contribution < 1.29 is 13.9 Å². The van der Waals surface area contributed by atoms with Crippen molar-refractivity contribution in [3.8, 4) is 0 Å². The lowest BCUT2D eigenvalue weighted by molar-refractivity contribution is 0.0601. The number of nitrogens with zero attached hydrogens (tertiary/aromatic N) is 1. The van der Waals surface area contributed by atoms with Gasteiger partial charge in [-0.05, 0) is 24.6 Å². The predicted molar refractivity (Wildman–Crippen MR) is 62.2 cm³/mol. The van der Waals surface area contributed by atoms with E-state index in [4.69, 9.17) is 5.73 Å². The Labute approximate surface area is 97.2 Å². The van der Waals surface area contributed by atoms with Crippen molar-refractivity contribution in [3.05, 3.63) is 35.3 Å². The van der Waals surface area contributed by atoms with Crippen molar-refractivity contribution >= 4 is 22.6 Å². The summed E-state index contributed by atoms with van der Waals surface area (Å²) in [6.07, 6.45) is 1.22. The van der Waals surface area contributed by atoms with E-state index in [2.05, 4.69) is 9.72 Å². The number of aromatic nitrogens is 1. The molecule has 2 N–H and O–H groups in total. The Kier molecular flexibility index (Phi) is 2.67. The van der Waals surface area contributed by atoms with Crippen molar-refractivity contribution in [2.24, 2.45) is 0 Å². The zero-order chi connectivity index (χ0) is 12.6. The van der Waals surface area contributed by atoms with E-state index >= 15 is 0 Å². The molecule has 0 unspecified atom stereocenters. The third-order valence-electron chi connectivity index (χ3n) is 2.52. The molecule has 4 nitrogen and oxygen atoms in total. The molecule has 88 valence electrons. The maximum absolute atomic E-state index is 13.6. The number of carbonyl (C=O) groups excluding carboxylic acids is 1. The Morgan fingerprint density at radius 3 is 2.82 bits per heavy atom. The highest BCUT2D eigenvalue weighted by Gasteiger charge is 2.15. The normalized spacial score (nSPS) is 10.5. The molecule has 0 radical (unpaired) electrons. The first kappa shape index (κ1) is 11.3. The second-order valence-electron chi connectivity index (χ2n) is 3.72. The van der Waals surface area contributed by atoms with E-state index in [1.54, 1.807) is 13.0 Å². The van der Waals surface area contributed by atoms with E-state index in [0.717, 1.165) is 0 Å². The number of benzene rings is 1. The van der Waals surface area contributed by atoms with E-state index < -0.39 is 11.8 Å². The molecule has 0 aliphatic carbocycles. The summed E-state index contributed by atoms with van der Waals surface area (Å²) >= 11 is 0. The molecular formula is C12H11FN2O2. The minimum atomic E-state index is -0.584. The van der Waals surface area contributed by atoms with E-state index in [9.17, 15) is 9.18 Å². The number of nitrogen functional groups attached to an aromatic ring is 1. The molecule has 0 aliphatic heterocycles. The third-order valence-corrected chi connectivity index (χ3v) is 2.52. The van der Waals surface area contributed by atoms with Gasteiger partial charge in [0.05, 0.1) is 12.8 Å². The van der Waals surface area contributed by atoms with Crippen LogP contribution in [0.5, 0.6) is 0 Å². The first-order valence-electron chi connectivity index (χ1n) is 4.97. The fourth-order valence-corrected chi connectivity index (χ4v) is 1.69. The van der Waals surface area contributed by atoms with Gasteiger partial charge in [-0.2, -0.15) is 0 Å². The van der Waals surface area contributed by atoms with Gasteiger partial charge in [-0.15, -0.1) is 0 Å². The fraction of sp³-hybridized carbons (Fsp3) is 0.167. The highest BCUT2D eigenvalue weighted by atomic mass is 19.1. The third kappa shape index (κ3) is 1.80. The molecule has 1 aromatic carbocycles. The lowest BCUT2D eigenvalue weighted by Gasteiger charge is -2.08. The van der Waals surface area contributed by atoms with Gasteiger partial charge in [-0.1, -0.05) is 0 Å². The van der Waals surface area contributed by atoms with Gasteiger partial charge >= 0.3 is 5.97 Å². The minimum absolute atomic E-state index is 0.144. The molecule has 0 atom stereocenters. The van der Waals surface area contributed by atoms with Crippen LogP contribution in [0.2, 0.25) is 0 Å². The highest BCUT2D eigenvalue weighted by Crippen LogP contribution is 2.26. The molecule has 0 spiro atoms. The zero-order valence-corrected chi connectivity index (χ0v) is 9.45. The van der Waals surface area contributed by atoms with Gasteiger partial charge in [-0.3, -0.25) is 4.98 Å². The Morgan fingerprint density at radius 1 is 1.47 bits per heavy atom. The summed E-state index contributed by atoms with van der Waals surface area (Å²) in [5.41, 5.74) is 7.02. The topological polar surface area (TPSA) is 65.2 Å². The summed E-state index contributed by atoms with van der Waals surface area (Å²) in [5, 5.41) is 0.422. The Hall–Kier alpha value is -2.17. The smallest absolute Gasteiger partial charge is 0.341 e. The molecule has 0 aliphatic rings. The number of aryl methyl sites for hydroxylation is 1. The number of anilines is 1. The van der Waals surface area contributed by atoms with Crippen molar-refractivity contribution in [1.29, 1.82) is 0 Å². The van der Waals surface area contributed by atoms with E-state index in [1.165, 1.54) is 19.4 Å². The van der Waals surface area contributed by atoms with Gasteiger partial charge in [-0.25, -0.2) is 9.18 Å². The van der Waals surface area contributed by atoms with Gasteiger partial charge in [0.1, 0.15) is 16.9 Å². The second kappa shape index (κ2) is 4.01. The van der Waals surface area contributed by atoms with Gasteiger partial charge in [0.15, 0.2) is 0 Å². The summed E-state index contributed by atoms with van der Waals surface area (Å²) in [7, 11) is 1.25. The van der Waals surface area contributed by atoms with Crippen LogP contribution in [0.25, 0.3) is 10.9 Å². The summed E-state index contributed by atoms with van der Waals surface area (Å²) in [4.78, 5) is 15.3. The van der Waals surface area contributed by atoms with Crippen LogP contribution >= 0.6 is 0 Å². The number of methoxy groups -OCH3 is 1. The van der Waals surface area contributed by atoms with Gasteiger partial charge in [0.25, 0.3) is 0 Å². The van der Waals surface area contributed by atoms with Crippen LogP contribution in [0.4, 0.5) is 10.1 Å². The van der Waals surface area contributed by atoms with E-state index in [0.29, 0.717) is 10.9 Å². The molecule has 2 aromatic rings. The first-order chi connectivity index (χ1) is 8.04. The number of rotatable bonds is 1. The van der Waals surface area contributed by atoms with Crippen LogP contribution in [0, 0.1) is 12.7 Å². The van der Waals surface area contributed by atoms with Gasteiger partial charge in [0, 0.05) is 11.6 Å². The monoisotopic (exact) mass is 234 g/mol. The number of halogens is 1. The zero-order valence-electron chi connectivity index (χ0n) is 9.45. The summed E-state index contributed by atoms with van der Waals surface area (Å²) in [6.45, 7) is 1.74. The van der Waals surface area contributed by atoms with Crippen molar-refractivity contribution in [2.45, 2.75) is 6.92 Å². The number of hydrogen-bond donors (Lipinski definition) is 1. The molecule has 0 saturated heterocycles. The molecular weight excluding hydrogens is 223 g/mol. The molecule has 1 aromatic heterocycles. The molecule has 0 saturated carbocycles. The van der Waals surface area contributed by atoms with Crippen molar-refractivity contribution in [2.75, 3.05) is 12.8 Å². The molecule has 0 amide bonds. The van der Waals surface area contributed by atoms with Crippen LogP contribution in [-0.2, 0) is 4.74 Å². The predicted octanol–water partition coefficient (Wildman–Crippen LogP) is 2.05. The van der Waals surface area contributed by atoms with Gasteiger partial charge in [0.2, 0.25) is 0 Å². The number of nitrogens with two attached hydrogens (primary N) is 1. The fourth-order valence-electron chi connectivity index (χ4n) is 1.69. The van der Waals surface area contributed by atoms with Crippen LogP contribution < -0.4 is 5.73 Å². The van der Waals surface area contributed by atoms with E-state index in [1.807, 2.05) is 0 Å². The number of hydrogen-bond acceptors (Lipinski definition) is 4. The maximum Gasteiger partial charge on any atom is 0.341 e. The summed E-state index contributed by atoms with van der Waals surface area (Å²) in [6, 6.07) is 3.06. The summed E-state index contributed by atoms with van der Waals surface area (Å²) < 4.78 is 18.2. The Balaban J connectivity index is 2.79. The molecule has 2 rings (SSSR count). The Bertz CT molecular complexity index is 611. The lowest BCUT2D eigenvalue weighted by Crippen LogP contribution is -2.07. The average molecular weight is 234 g/mol. The average Bonchev–Trinajstić information content (AvgIpc) is 2.29.